The van der Waals surface area contributed by atoms with Gasteiger partial charge in [-0.2, -0.15) is 0 Å². The van der Waals surface area contributed by atoms with Gasteiger partial charge in [0.25, 0.3) is 0 Å². The zero-order valence-electron chi connectivity index (χ0n) is 10.6. The third-order valence-corrected chi connectivity index (χ3v) is 3.18. The highest BCUT2D eigenvalue weighted by Gasteiger charge is 2.25. The lowest BCUT2D eigenvalue weighted by Crippen LogP contribution is -2.18. The molecule has 0 spiro atoms. The van der Waals surface area contributed by atoms with E-state index in [4.69, 9.17) is 4.74 Å². The van der Waals surface area contributed by atoms with Crippen molar-refractivity contribution < 1.29 is 19.6 Å². The Kier molecular flexibility index (Phi) is 4.54. The van der Waals surface area contributed by atoms with Gasteiger partial charge in [0.1, 0.15) is 0 Å². The van der Waals surface area contributed by atoms with Crippen molar-refractivity contribution >= 4 is 27.6 Å². The Morgan fingerprint density at radius 3 is 2.48 bits per heavy atom. The second kappa shape index (κ2) is 6.36. The number of hydrogen-bond donors (Lipinski definition) is 1. The Balaban J connectivity index is 2.39. The molecule has 1 atom stereocenters. The van der Waals surface area contributed by atoms with Gasteiger partial charge in [-0.3, -0.25) is 10.1 Å². The van der Waals surface area contributed by atoms with E-state index < -0.39 is 17.0 Å². The molecule has 0 radical (unpaired) electrons. The molecule has 7 heteroatoms. The van der Waals surface area contributed by atoms with Crippen molar-refractivity contribution in [3.63, 3.8) is 0 Å². The smallest absolute Gasteiger partial charge is 0.349 e. The number of halogens is 1. The Morgan fingerprint density at radius 2 is 1.90 bits per heavy atom. The van der Waals surface area contributed by atoms with E-state index in [-0.39, 0.29) is 11.4 Å². The first kappa shape index (κ1) is 15.0. The van der Waals surface area contributed by atoms with E-state index in [1.165, 1.54) is 12.1 Å². The lowest BCUT2D eigenvalue weighted by atomic mass is 10.1. The van der Waals surface area contributed by atoms with Gasteiger partial charge in [0.2, 0.25) is 6.10 Å². The molecular formula is C14H10BrNO5. The van der Waals surface area contributed by atoms with E-state index >= 15 is 0 Å². The highest BCUT2D eigenvalue weighted by atomic mass is 79.9. The van der Waals surface area contributed by atoms with Crippen molar-refractivity contribution in [2.75, 3.05) is 0 Å². The van der Waals surface area contributed by atoms with Crippen molar-refractivity contribution in [1.29, 1.82) is 0 Å². The molecule has 0 fully saturated rings. The molecule has 0 saturated heterocycles. The standard InChI is InChI=1S/C14H10BrNO5/c15-10-6-7-12(11(8-10)16(19)20)21-13(14(17)18)9-4-2-1-3-5-9/h1-8,13H,(H,17,18). The fourth-order valence-electron chi connectivity index (χ4n) is 1.75. The van der Waals surface area contributed by atoms with Crippen LogP contribution < -0.4 is 4.74 Å². The van der Waals surface area contributed by atoms with Crippen LogP contribution in [0.1, 0.15) is 11.7 Å². The molecule has 6 nitrogen and oxygen atoms in total. The number of carboxylic acids is 1. The average Bonchev–Trinajstić information content (AvgIpc) is 2.46. The molecule has 0 aliphatic rings. The Hall–Kier alpha value is -2.41. The van der Waals surface area contributed by atoms with Gasteiger partial charge >= 0.3 is 11.7 Å². The first-order valence-electron chi connectivity index (χ1n) is 5.87. The van der Waals surface area contributed by atoms with Crippen molar-refractivity contribution in [3.05, 3.63) is 68.7 Å². The fraction of sp³-hybridized carbons (Fsp3) is 0.0714. The summed E-state index contributed by atoms with van der Waals surface area (Å²) in [5.41, 5.74) is 0.105. The zero-order chi connectivity index (χ0) is 15.4. The summed E-state index contributed by atoms with van der Waals surface area (Å²) < 4.78 is 5.85. The van der Waals surface area contributed by atoms with Crippen LogP contribution in [-0.2, 0) is 4.79 Å². The Morgan fingerprint density at radius 1 is 1.24 bits per heavy atom. The van der Waals surface area contributed by atoms with Crippen molar-refractivity contribution in [1.82, 2.24) is 0 Å². The first-order chi connectivity index (χ1) is 9.99. The molecule has 0 bridgehead atoms. The van der Waals surface area contributed by atoms with Crippen molar-refractivity contribution in [3.8, 4) is 5.75 Å². The van der Waals surface area contributed by atoms with Gasteiger partial charge in [-0.05, 0) is 12.1 Å². The molecule has 0 aliphatic carbocycles. The molecule has 21 heavy (non-hydrogen) atoms. The number of benzene rings is 2. The van der Waals surface area contributed by atoms with Crippen molar-refractivity contribution in [2.24, 2.45) is 0 Å². The van der Waals surface area contributed by atoms with E-state index in [1.54, 1.807) is 36.4 Å². The number of ether oxygens (including phenoxy) is 1. The van der Waals surface area contributed by atoms with Gasteiger partial charge in [0.05, 0.1) is 4.92 Å². The van der Waals surface area contributed by atoms with Crippen molar-refractivity contribution in [2.45, 2.75) is 6.10 Å². The SMILES string of the molecule is O=C(O)C(Oc1ccc(Br)cc1[N+](=O)[O-])c1ccccc1. The molecule has 2 aromatic carbocycles. The Bertz CT molecular complexity index is 674. The second-order valence-electron chi connectivity index (χ2n) is 4.12. The largest absolute Gasteiger partial charge is 0.478 e. The maximum Gasteiger partial charge on any atom is 0.349 e. The second-order valence-corrected chi connectivity index (χ2v) is 5.03. The number of carboxylic acid groups (broad SMARTS) is 1. The van der Waals surface area contributed by atoms with E-state index in [9.17, 15) is 20.0 Å². The minimum atomic E-state index is -1.31. The van der Waals surface area contributed by atoms with Crippen LogP contribution in [0, 0.1) is 10.1 Å². The molecule has 2 rings (SSSR count). The molecule has 1 unspecified atom stereocenters. The van der Waals surface area contributed by atoms with E-state index in [0.717, 1.165) is 0 Å². The van der Waals surface area contributed by atoms with Crippen LogP contribution in [0.4, 0.5) is 5.69 Å². The molecule has 0 saturated carbocycles. The highest BCUT2D eigenvalue weighted by Crippen LogP contribution is 2.33. The molecule has 0 aromatic heterocycles. The summed E-state index contributed by atoms with van der Waals surface area (Å²) in [6, 6.07) is 12.4. The summed E-state index contributed by atoms with van der Waals surface area (Å²) >= 11 is 3.13. The third-order valence-electron chi connectivity index (χ3n) is 2.69. The van der Waals surface area contributed by atoms with Crippen LogP contribution >= 0.6 is 15.9 Å². The van der Waals surface area contributed by atoms with Gasteiger partial charge in [0, 0.05) is 16.1 Å². The summed E-state index contributed by atoms with van der Waals surface area (Å²) in [7, 11) is 0. The summed E-state index contributed by atoms with van der Waals surface area (Å²) in [4.78, 5) is 21.7. The number of carbonyl (C=O) groups is 1. The quantitative estimate of drug-likeness (QED) is 0.656. The third kappa shape index (κ3) is 3.57. The number of nitro benzene ring substituents is 1. The van der Waals surface area contributed by atoms with Gasteiger partial charge in [-0.15, -0.1) is 0 Å². The molecule has 0 heterocycles. The normalized spacial score (nSPS) is 11.7. The lowest BCUT2D eigenvalue weighted by Gasteiger charge is -2.15. The minimum Gasteiger partial charge on any atom is -0.478 e. The summed E-state index contributed by atoms with van der Waals surface area (Å²) in [5.74, 6) is -1.32. The van der Waals surface area contributed by atoms with Crippen LogP contribution in [0.3, 0.4) is 0 Å². The van der Waals surface area contributed by atoms with Crippen LogP contribution in [0.5, 0.6) is 5.75 Å². The van der Waals surface area contributed by atoms with Crippen LogP contribution in [0.2, 0.25) is 0 Å². The zero-order valence-corrected chi connectivity index (χ0v) is 12.2. The minimum absolute atomic E-state index is 0.0977. The van der Waals surface area contributed by atoms with E-state index in [1.807, 2.05) is 0 Å². The monoisotopic (exact) mass is 351 g/mol. The molecule has 0 aliphatic heterocycles. The van der Waals surface area contributed by atoms with E-state index in [0.29, 0.717) is 10.0 Å². The summed E-state index contributed by atoms with van der Waals surface area (Å²) in [5, 5.41) is 20.3. The van der Waals surface area contributed by atoms with E-state index in [2.05, 4.69) is 15.9 Å². The molecule has 1 N–H and O–H groups in total. The number of nitrogens with zero attached hydrogens (tertiary/aromatic N) is 1. The van der Waals surface area contributed by atoms with Gasteiger partial charge in [0.15, 0.2) is 5.75 Å². The predicted octanol–water partition coefficient (Wildman–Crippen LogP) is 3.56. The first-order valence-corrected chi connectivity index (χ1v) is 6.66. The topological polar surface area (TPSA) is 89.7 Å². The number of rotatable bonds is 5. The maximum absolute atomic E-state index is 11.3. The summed E-state index contributed by atoms with van der Waals surface area (Å²) in [6.07, 6.45) is -1.31. The number of aliphatic carboxylic acids is 1. The predicted molar refractivity (Wildman–Crippen MR) is 78.2 cm³/mol. The molecular weight excluding hydrogens is 342 g/mol. The molecule has 0 amide bonds. The van der Waals surface area contributed by atoms with Gasteiger partial charge in [-0.25, -0.2) is 4.79 Å². The van der Waals surface area contributed by atoms with Gasteiger partial charge < -0.3 is 9.84 Å². The Labute approximate surface area is 128 Å². The maximum atomic E-state index is 11.3. The lowest BCUT2D eigenvalue weighted by molar-refractivity contribution is -0.386. The number of hydrogen-bond acceptors (Lipinski definition) is 4. The molecule has 2 aromatic rings. The summed E-state index contributed by atoms with van der Waals surface area (Å²) in [6.45, 7) is 0. The fourth-order valence-corrected chi connectivity index (χ4v) is 2.10. The van der Waals surface area contributed by atoms with Crippen LogP contribution in [-0.4, -0.2) is 16.0 Å². The van der Waals surface area contributed by atoms with Gasteiger partial charge in [-0.1, -0.05) is 46.3 Å². The van der Waals surface area contributed by atoms with Crippen LogP contribution in [0.15, 0.2) is 53.0 Å². The highest BCUT2D eigenvalue weighted by molar-refractivity contribution is 9.10. The van der Waals surface area contributed by atoms with Crippen LogP contribution in [0.25, 0.3) is 0 Å². The average molecular weight is 352 g/mol. The number of nitro groups is 1. The molecule has 108 valence electrons.